The summed E-state index contributed by atoms with van der Waals surface area (Å²) in [4.78, 5) is 0.00171. The second kappa shape index (κ2) is 11.2. The Morgan fingerprint density at radius 1 is 1.03 bits per heavy atom. The van der Waals surface area contributed by atoms with E-state index >= 15 is 4.39 Å². The number of benzene rings is 2. The third kappa shape index (κ3) is 6.75. The van der Waals surface area contributed by atoms with Crippen LogP contribution >= 0.6 is 11.6 Å². The molecule has 2 aromatic rings. The standard InChI is InChI=1S/C27H34ClF2NO6S2/c1-26(2,3)31-12-15-38(32,33)14-10-23-20-16-37-25-22(30)9-8-21(29)24(25)27(20,11-13-36-23)17-39(34,35)19-6-4-18(28)5-7-19/h4-9,20,23,31H,10-17H2,1-3H3. The van der Waals surface area contributed by atoms with E-state index in [1.54, 1.807) is 0 Å². The molecule has 2 aliphatic heterocycles. The predicted molar refractivity (Wildman–Crippen MR) is 146 cm³/mol. The minimum Gasteiger partial charge on any atom is -0.490 e. The number of rotatable bonds is 9. The second-order valence-corrected chi connectivity index (χ2v) is 16.0. The average molecular weight is 606 g/mol. The number of hydrogen-bond donors (Lipinski definition) is 1. The van der Waals surface area contributed by atoms with Gasteiger partial charge in [-0.2, -0.15) is 0 Å². The summed E-state index contributed by atoms with van der Waals surface area (Å²) >= 11 is 5.94. The number of sulfone groups is 2. The van der Waals surface area contributed by atoms with Crippen molar-refractivity contribution in [1.82, 2.24) is 5.32 Å². The molecule has 1 N–H and O–H groups in total. The van der Waals surface area contributed by atoms with Gasteiger partial charge in [-0.1, -0.05) is 11.6 Å². The summed E-state index contributed by atoms with van der Waals surface area (Å²) in [7, 11) is -7.47. The number of halogens is 3. The highest BCUT2D eigenvalue weighted by atomic mass is 35.5. The molecular weight excluding hydrogens is 572 g/mol. The smallest absolute Gasteiger partial charge is 0.179 e. The van der Waals surface area contributed by atoms with Gasteiger partial charge in [-0.25, -0.2) is 25.6 Å². The summed E-state index contributed by atoms with van der Waals surface area (Å²) in [6.45, 7) is 6.02. The minimum absolute atomic E-state index is 0.00171. The molecule has 0 spiro atoms. The maximum Gasteiger partial charge on any atom is 0.179 e. The number of fused-ring (bicyclic) bond motifs is 3. The molecule has 0 bridgehead atoms. The molecule has 12 heteroatoms. The highest BCUT2D eigenvalue weighted by Gasteiger charge is 2.55. The van der Waals surface area contributed by atoms with Crippen LogP contribution in [0.1, 0.15) is 39.2 Å². The van der Waals surface area contributed by atoms with Crippen molar-refractivity contribution in [3.05, 3.63) is 58.6 Å². The summed E-state index contributed by atoms with van der Waals surface area (Å²) in [5, 5.41) is 3.51. The van der Waals surface area contributed by atoms with E-state index in [1.807, 2.05) is 20.8 Å². The van der Waals surface area contributed by atoms with Gasteiger partial charge in [0.05, 0.1) is 34.9 Å². The zero-order valence-electron chi connectivity index (χ0n) is 22.2. The first kappa shape index (κ1) is 30.2. The van der Waals surface area contributed by atoms with Crippen molar-refractivity contribution in [1.29, 1.82) is 0 Å². The van der Waals surface area contributed by atoms with Crippen molar-refractivity contribution in [2.24, 2.45) is 5.92 Å². The van der Waals surface area contributed by atoms with Gasteiger partial charge in [-0.15, -0.1) is 0 Å². The van der Waals surface area contributed by atoms with E-state index in [2.05, 4.69) is 5.32 Å². The lowest BCUT2D eigenvalue weighted by Crippen LogP contribution is -2.57. The molecule has 0 aliphatic carbocycles. The highest BCUT2D eigenvalue weighted by molar-refractivity contribution is 7.91. The van der Waals surface area contributed by atoms with Crippen LogP contribution in [-0.2, 0) is 29.8 Å². The molecule has 4 rings (SSSR count). The molecule has 7 nitrogen and oxygen atoms in total. The van der Waals surface area contributed by atoms with Gasteiger partial charge in [0.1, 0.15) is 5.82 Å². The minimum atomic E-state index is -4.01. The second-order valence-electron chi connectivity index (χ2n) is 11.3. The molecule has 216 valence electrons. The molecule has 0 radical (unpaired) electrons. The number of hydrogen-bond acceptors (Lipinski definition) is 7. The van der Waals surface area contributed by atoms with Crippen LogP contribution in [0.5, 0.6) is 5.75 Å². The molecule has 2 aliphatic rings. The Morgan fingerprint density at radius 3 is 2.36 bits per heavy atom. The summed E-state index contributed by atoms with van der Waals surface area (Å²) in [6.07, 6.45) is -0.568. The summed E-state index contributed by atoms with van der Waals surface area (Å²) < 4.78 is 94.7. The quantitative estimate of drug-likeness (QED) is 0.455. The van der Waals surface area contributed by atoms with Crippen LogP contribution in [0, 0.1) is 17.6 Å². The van der Waals surface area contributed by atoms with Crippen molar-refractivity contribution in [3.8, 4) is 5.75 Å². The lowest BCUT2D eigenvalue weighted by Gasteiger charge is -2.51. The molecule has 0 amide bonds. The van der Waals surface area contributed by atoms with Crippen LogP contribution < -0.4 is 10.1 Å². The third-order valence-electron chi connectivity index (χ3n) is 7.40. The summed E-state index contributed by atoms with van der Waals surface area (Å²) in [6, 6.07) is 7.57. The fourth-order valence-electron chi connectivity index (χ4n) is 5.52. The molecule has 1 saturated heterocycles. The Kier molecular flexibility index (Phi) is 8.69. The number of nitrogens with one attached hydrogen (secondary N) is 1. The van der Waals surface area contributed by atoms with E-state index in [9.17, 15) is 21.2 Å². The molecule has 2 heterocycles. The molecule has 2 aromatic carbocycles. The van der Waals surface area contributed by atoms with Crippen molar-refractivity contribution in [2.75, 3.05) is 37.0 Å². The largest absolute Gasteiger partial charge is 0.490 e. The molecule has 0 aromatic heterocycles. The van der Waals surface area contributed by atoms with Crippen molar-refractivity contribution >= 4 is 31.3 Å². The Bertz CT molecular complexity index is 1410. The van der Waals surface area contributed by atoms with Crippen LogP contribution in [0.25, 0.3) is 0 Å². The van der Waals surface area contributed by atoms with Gasteiger partial charge in [0.2, 0.25) is 0 Å². The highest BCUT2D eigenvalue weighted by Crippen LogP contribution is 2.52. The van der Waals surface area contributed by atoms with Crippen LogP contribution in [0.2, 0.25) is 5.02 Å². The van der Waals surface area contributed by atoms with Crippen molar-refractivity contribution in [3.63, 3.8) is 0 Å². The monoisotopic (exact) mass is 605 g/mol. The first-order chi connectivity index (χ1) is 18.1. The fourth-order valence-corrected chi connectivity index (χ4v) is 8.75. The lowest BCUT2D eigenvalue weighted by molar-refractivity contribution is -0.0899. The Hall–Kier alpha value is -1.79. The van der Waals surface area contributed by atoms with E-state index in [-0.39, 0.29) is 65.9 Å². The van der Waals surface area contributed by atoms with E-state index in [0.29, 0.717) is 5.02 Å². The van der Waals surface area contributed by atoms with Gasteiger partial charge in [0.15, 0.2) is 31.2 Å². The summed E-state index contributed by atoms with van der Waals surface area (Å²) in [5.74, 6) is -3.38. The molecule has 3 unspecified atom stereocenters. The summed E-state index contributed by atoms with van der Waals surface area (Å²) in [5.41, 5.74) is -1.76. The Balaban J connectivity index is 1.67. The first-order valence-corrected chi connectivity index (χ1v) is 16.7. The normalized spacial score (nSPS) is 23.5. The van der Waals surface area contributed by atoms with E-state index in [1.165, 1.54) is 24.3 Å². The van der Waals surface area contributed by atoms with Gasteiger partial charge >= 0.3 is 0 Å². The van der Waals surface area contributed by atoms with Gasteiger partial charge in [0, 0.05) is 40.6 Å². The molecule has 0 saturated carbocycles. The van der Waals surface area contributed by atoms with Crippen LogP contribution in [0.3, 0.4) is 0 Å². The van der Waals surface area contributed by atoms with Crippen molar-refractivity contribution in [2.45, 2.75) is 55.6 Å². The van der Waals surface area contributed by atoms with Crippen molar-refractivity contribution < 1.29 is 35.1 Å². The maximum absolute atomic E-state index is 15.4. The SMILES string of the molecule is CC(C)(C)NCCS(=O)(=O)CCC1OCCC2(CS(=O)(=O)c3ccc(Cl)cc3)c3c(F)ccc(F)c3OCC12. The molecular formula is C27H34ClF2NO6S2. The van der Waals surface area contributed by atoms with E-state index in [0.717, 1.165) is 12.1 Å². The van der Waals surface area contributed by atoms with Gasteiger partial charge in [-0.3, -0.25) is 0 Å². The number of ether oxygens (including phenoxy) is 2. The van der Waals surface area contributed by atoms with Gasteiger partial charge in [-0.05, 0) is 70.0 Å². The Labute approximate surface area is 234 Å². The predicted octanol–water partition coefficient (Wildman–Crippen LogP) is 4.32. The van der Waals surface area contributed by atoms with Crippen LogP contribution in [0.15, 0.2) is 41.3 Å². The molecule has 1 fully saturated rings. The van der Waals surface area contributed by atoms with Gasteiger partial charge in [0.25, 0.3) is 0 Å². The Morgan fingerprint density at radius 2 is 1.69 bits per heavy atom. The lowest BCUT2D eigenvalue weighted by atomic mass is 9.64. The average Bonchev–Trinajstić information content (AvgIpc) is 2.83. The molecule has 3 atom stereocenters. The van der Waals surface area contributed by atoms with E-state index < -0.39 is 54.5 Å². The van der Waals surface area contributed by atoms with E-state index in [4.69, 9.17) is 21.1 Å². The maximum atomic E-state index is 15.4. The topological polar surface area (TPSA) is 98.8 Å². The zero-order chi connectivity index (χ0) is 28.6. The zero-order valence-corrected chi connectivity index (χ0v) is 24.6. The molecule has 39 heavy (non-hydrogen) atoms. The van der Waals surface area contributed by atoms with Crippen LogP contribution in [0.4, 0.5) is 8.78 Å². The third-order valence-corrected chi connectivity index (χ3v) is 11.2. The van der Waals surface area contributed by atoms with Gasteiger partial charge < -0.3 is 14.8 Å². The first-order valence-electron chi connectivity index (χ1n) is 12.8. The fraction of sp³-hybridized carbons (Fsp3) is 0.556. The van der Waals surface area contributed by atoms with Crippen LogP contribution in [-0.4, -0.2) is 65.5 Å².